The lowest BCUT2D eigenvalue weighted by molar-refractivity contribution is -0.294. The van der Waals surface area contributed by atoms with Crippen LogP contribution in [0.5, 0.6) is 5.88 Å². The van der Waals surface area contributed by atoms with E-state index in [1.807, 2.05) is 78.9 Å². The number of ether oxygens (including phenoxy) is 7. The van der Waals surface area contributed by atoms with Crippen LogP contribution in [0.1, 0.15) is 105 Å². The number of hydrogen-bond donors (Lipinski definition) is 0. The highest BCUT2D eigenvalue weighted by Gasteiger charge is 2.56. The molecule has 62 heavy (non-hydrogen) atoms. The molecule has 0 N–H and O–H groups in total. The first-order valence-electron chi connectivity index (χ1n) is 23.4. The van der Waals surface area contributed by atoms with Crippen molar-refractivity contribution in [3.05, 3.63) is 95.6 Å². The summed E-state index contributed by atoms with van der Waals surface area (Å²) in [6.07, 6.45) is -7.81. The van der Waals surface area contributed by atoms with Crippen molar-refractivity contribution in [1.82, 2.24) is 9.78 Å². The Morgan fingerprint density at radius 2 is 1.19 bits per heavy atom. The molecule has 5 atom stereocenters. The van der Waals surface area contributed by atoms with E-state index in [2.05, 4.69) is 0 Å². The second-order valence-corrected chi connectivity index (χ2v) is 18.4. The van der Waals surface area contributed by atoms with E-state index in [9.17, 15) is 19.2 Å². The fourth-order valence-electron chi connectivity index (χ4n) is 6.22. The Morgan fingerprint density at radius 1 is 0.661 bits per heavy atom. The van der Waals surface area contributed by atoms with Gasteiger partial charge in [-0.1, -0.05) is 72.8 Å². The minimum atomic E-state index is -1.73. The van der Waals surface area contributed by atoms with Crippen LogP contribution in [0.15, 0.2) is 78.9 Å². The van der Waals surface area contributed by atoms with E-state index in [-0.39, 0.29) is 19.4 Å². The summed E-state index contributed by atoms with van der Waals surface area (Å²) in [5.41, 5.74) is -1.96. The molecule has 0 bridgehead atoms. The SMILES string of the molecule is [2H]CC(C)(C)C(=O)OC[C@H]1OC(Oc2nn(CCOCc3ccccc3)c3cccc(Cc4ccccc4)c23)[C@H](OC(=O)C(C)(C)C[2H])[C@@H](OC(=O)C(C)(C)C[2H])[C@@H]1OC(=O)C(C)(C)C[2H]. The first-order chi connectivity index (χ1) is 31.2. The molecule has 1 saturated heterocycles. The van der Waals surface area contributed by atoms with Gasteiger partial charge in [-0.15, -0.1) is 5.10 Å². The summed E-state index contributed by atoms with van der Waals surface area (Å²) in [5, 5.41) is 5.50. The Bertz CT molecular complexity index is 2270. The third kappa shape index (κ3) is 12.4. The zero-order chi connectivity index (χ0) is 48.5. The van der Waals surface area contributed by atoms with Crippen LogP contribution in [-0.4, -0.2) is 77.6 Å². The van der Waals surface area contributed by atoms with E-state index < -0.39 is 104 Å². The summed E-state index contributed by atoms with van der Waals surface area (Å²) >= 11 is 0. The zero-order valence-corrected chi connectivity index (χ0v) is 37.1. The quantitative estimate of drug-likeness (QED) is 0.0680. The molecule has 1 fully saturated rings. The van der Waals surface area contributed by atoms with Gasteiger partial charge in [0.05, 0.1) is 52.3 Å². The summed E-state index contributed by atoms with van der Waals surface area (Å²) in [6.45, 7) is 10.8. The number of fused-ring (bicyclic) bond motifs is 1. The summed E-state index contributed by atoms with van der Waals surface area (Å²) < 4.78 is 77.6. The topological polar surface area (TPSA) is 151 Å². The van der Waals surface area contributed by atoms with Gasteiger partial charge in [0, 0.05) is 5.48 Å². The standard InChI is InChI=1S/C49H64N2O11/c1-46(2,3)42(52)57-30-35-37(59-43(53)47(4,5)6)38(60-44(54)48(7,8)9)39(61-45(55)49(10,11)12)41(58-35)62-40-36-33(28-31-20-15-13-16-21-31)24-19-25-34(36)51(50-40)26-27-56-29-32-22-17-14-18-23-32/h13-25,35,37-39,41H,26-30H2,1-12H3/t35-,37-,38+,39-,41?/m1/s1/i1D,4D,7D,10D. The molecule has 0 aliphatic carbocycles. The molecule has 4 aromatic rings. The molecule has 0 radical (unpaired) electrons. The second-order valence-electron chi connectivity index (χ2n) is 18.4. The van der Waals surface area contributed by atoms with Crippen molar-refractivity contribution in [2.75, 3.05) is 13.2 Å². The number of esters is 4. The maximum atomic E-state index is 14.1. The fraction of sp³-hybridized carbons (Fsp3) is 0.531. The molecular formula is C49H64N2O11. The highest BCUT2D eigenvalue weighted by Crippen LogP contribution is 2.38. The lowest BCUT2D eigenvalue weighted by atomic mass is 9.93. The van der Waals surface area contributed by atoms with E-state index in [0.717, 1.165) is 16.7 Å². The molecule has 13 heteroatoms. The van der Waals surface area contributed by atoms with Crippen LogP contribution in [0, 0.1) is 21.7 Å². The van der Waals surface area contributed by atoms with Gasteiger partial charge in [-0.05, 0) is 112 Å². The predicted octanol–water partition coefficient (Wildman–Crippen LogP) is 8.41. The summed E-state index contributed by atoms with van der Waals surface area (Å²) in [7, 11) is 0. The molecule has 1 aromatic heterocycles. The van der Waals surface area contributed by atoms with Crippen LogP contribution in [0.4, 0.5) is 0 Å². The Hall–Kier alpha value is -5.27. The highest BCUT2D eigenvalue weighted by atomic mass is 16.7. The Labute approximate surface area is 371 Å². The van der Waals surface area contributed by atoms with Gasteiger partial charge in [-0.3, -0.25) is 23.9 Å². The van der Waals surface area contributed by atoms with Gasteiger partial charge in [-0.2, -0.15) is 0 Å². The normalized spacial score (nSPS) is 20.5. The molecule has 13 nitrogen and oxygen atoms in total. The average molecular weight is 861 g/mol. The molecule has 1 unspecified atom stereocenters. The molecule has 2 heterocycles. The van der Waals surface area contributed by atoms with E-state index in [0.29, 0.717) is 30.5 Å². The lowest BCUT2D eigenvalue weighted by Crippen LogP contribution is -2.65. The largest absolute Gasteiger partial charge is 0.462 e. The van der Waals surface area contributed by atoms with Gasteiger partial charge in [-0.25, -0.2) is 0 Å². The molecule has 3 aromatic carbocycles. The first-order valence-corrected chi connectivity index (χ1v) is 20.6. The number of hydrogen-bond acceptors (Lipinski definition) is 12. The number of nitrogens with zero attached hydrogens (tertiary/aromatic N) is 2. The minimum absolute atomic E-state index is 0.0406. The lowest BCUT2D eigenvalue weighted by Gasteiger charge is -2.45. The number of carbonyl (C=O) groups excluding carboxylic acids is 4. The van der Waals surface area contributed by atoms with Crippen molar-refractivity contribution >= 4 is 34.8 Å². The maximum absolute atomic E-state index is 14.1. The Kier molecular flexibility index (Phi) is 13.2. The third-order valence-corrected chi connectivity index (χ3v) is 9.77. The number of carbonyl (C=O) groups is 4. The molecule has 0 spiro atoms. The van der Waals surface area contributed by atoms with Crippen molar-refractivity contribution in [3.8, 4) is 5.88 Å². The Morgan fingerprint density at radius 3 is 1.77 bits per heavy atom. The van der Waals surface area contributed by atoms with Crippen LogP contribution in [-0.2, 0) is 67.2 Å². The summed E-state index contributed by atoms with van der Waals surface area (Å²) in [4.78, 5) is 55.4. The van der Waals surface area contributed by atoms with E-state index in [1.54, 1.807) is 4.68 Å². The third-order valence-electron chi connectivity index (χ3n) is 9.77. The number of rotatable bonds is 14. The monoisotopic (exact) mass is 860 g/mol. The minimum Gasteiger partial charge on any atom is -0.462 e. The van der Waals surface area contributed by atoms with Crippen LogP contribution in [0.3, 0.4) is 0 Å². The van der Waals surface area contributed by atoms with Crippen LogP contribution < -0.4 is 4.74 Å². The van der Waals surface area contributed by atoms with Crippen molar-refractivity contribution < 1.29 is 57.8 Å². The van der Waals surface area contributed by atoms with E-state index in [1.165, 1.54) is 55.4 Å². The summed E-state index contributed by atoms with van der Waals surface area (Å²) in [6, 6.07) is 25.2. The predicted molar refractivity (Wildman–Crippen MR) is 233 cm³/mol. The molecule has 0 saturated carbocycles. The van der Waals surface area contributed by atoms with Gasteiger partial charge in [0.2, 0.25) is 18.3 Å². The molecular weight excluding hydrogens is 793 g/mol. The molecule has 0 amide bonds. The molecule has 5 rings (SSSR count). The molecule has 1 aliphatic rings. The van der Waals surface area contributed by atoms with E-state index >= 15 is 0 Å². The van der Waals surface area contributed by atoms with Crippen molar-refractivity contribution in [1.29, 1.82) is 0 Å². The fourth-order valence-corrected chi connectivity index (χ4v) is 6.22. The zero-order valence-electron chi connectivity index (χ0n) is 41.1. The first kappa shape index (κ1) is 42.1. The van der Waals surface area contributed by atoms with Gasteiger partial charge in [0.25, 0.3) is 0 Å². The number of benzene rings is 3. The van der Waals surface area contributed by atoms with Crippen molar-refractivity contribution in [3.63, 3.8) is 0 Å². The van der Waals surface area contributed by atoms with Gasteiger partial charge in [0.15, 0.2) is 12.2 Å². The van der Waals surface area contributed by atoms with Crippen molar-refractivity contribution in [2.24, 2.45) is 21.7 Å². The van der Waals surface area contributed by atoms with Crippen LogP contribution in [0.25, 0.3) is 10.9 Å². The number of aromatic nitrogens is 2. The van der Waals surface area contributed by atoms with Crippen LogP contribution in [0.2, 0.25) is 0 Å². The second kappa shape index (κ2) is 19.4. The maximum Gasteiger partial charge on any atom is 0.311 e. The highest BCUT2D eigenvalue weighted by molar-refractivity contribution is 5.88. The smallest absolute Gasteiger partial charge is 0.311 e. The summed E-state index contributed by atoms with van der Waals surface area (Å²) in [5.74, 6) is -3.43. The van der Waals surface area contributed by atoms with Gasteiger partial charge < -0.3 is 33.2 Å². The molecule has 336 valence electrons. The van der Waals surface area contributed by atoms with E-state index in [4.69, 9.17) is 43.7 Å². The molecule has 1 aliphatic heterocycles. The average Bonchev–Trinajstić information content (AvgIpc) is 3.66. The Balaban J connectivity index is 1.68. The van der Waals surface area contributed by atoms with Crippen LogP contribution >= 0.6 is 0 Å². The van der Waals surface area contributed by atoms with Gasteiger partial charge in [0.1, 0.15) is 12.7 Å². The van der Waals surface area contributed by atoms with Gasteiger partial charge >= 0.3 is 23.9 Å². The van der Waals surface area contributed by atoms with Crippen molar-refractivity contribution in [2.45, 2.75) is 133 Å².